The van der Waals surface area contributed by atoms with Gasteiger partial charge in [0.1, 0.15) is 5.82 Å². The van der Waals surface area contributed by atoms with Gasteiger partial charge in [0, 0.05) is 25.0 Å². The number of rotatable bonds is 3. The van der Waals surface area contributed by atoms with Crippen LogP contribution in [0.15, 0.2) is 18.2 Å². The van der Waals surface area contributed by atoms with E-state index in [1.807, 2.05) is 17.9 Å². The van der Waals surface area contributed by atoms with Crippen LogP contribution in [0.25, 0.3) is 0 Å². The molecule has 1 aromatic rings. The molecule has 0 saturated carbocycles. The molecular formula is C14H20FN3O. The maximum atomic E-state index is 14.1. The molecule has 0 spiro atoms. The summed E-state index contributed by atoms with van der Waals surface area (Å²) < 4.78 is 14.1. The molecule has 4 N–H and O–H groups in total. The molecule has 1 aliphatic rings. The Morgan fingerprint density at radius 2 is 2.05 bits per heavy atom. The van der Waals surface area contributed by atoms with Crippen molar-refractivity contribution in [1.82, 2.24) is 0 Å². The van der Waals surface area contributed by atoms with Crippen molar-refractivity contribution in [3.05, 3.63) is 29.6 Å². The monoisotopic (exact) mass is 265 g/mol. The third-order valence-electron chi connectivity index (χ3n) is 3.72. The summed E-state index contributed by atoms with van der Waals surface area (Å²) in [5.41, 5.74) is 12.6. The van der Waals surface area contributed by atoms with Gasteiger partial charge in [-0.3, -0.25) is 4.79 Å². The first-order valence-electron chi connectivity index (χ1n) is 6.59. The summed E-state index contributed by atoms with van der Waals surface area (Å²) in [4.78, 5) is 13.1. The number of carbonyl (C=O) groups excluding carboxylic acids is 1. The molecule has 1 fully saturated rings. The van der Waals surface area contributed by atoms with E-state index < -0.39 is 0 Å². The van der Waals surface area contributed by atoms with Gasteiger partial charge >= 0.3 is 0 Å². The number of hydrogen-bond donors (Lipinski definition) is 2. The highest BCUT2D eigenvalue weighted by Gasteiger charge is 2.26. The molecule has 0 unspecified atom stereocenters. The summed E-state index contributed by atoms with van der Waals surface area (Å²) in [5, 5.41) is 0. The fourth-order valence-corrected chi connectivity index (χ4v) is 2.62. The molecule has 104 valence electrons. The number of hydrogen-bond acceptors (Lipinski definition) is 3. The van der Waals surface area contributed by atoms with Crippen LogP contribution in [-0.2, 0) is 4.79 Å². The summed E-state index contributed by atoms with van der Waals surface area (Å²) in [5.74, 6) is -0.616. The van der Waals surface area contributed by atoms with E-state index in [4.69, 9.17) is 11.5 Å². The largest absolute Gasteiger partial charge is 0.369 e. The molecular weight excluding hydrogens is 245 g/mol. The van der Waals surface area contributed by atoms with Gasteiger partial charge in [-0.05, 0) is 31.4 Å². The van der Waals surface area contributed by atoms with Gasteiger partial charge in [-0.1, -0.05) is 12.1 Å². The topological polar surface area (TPSA) is 72.3 Å². The van der Waals surface area contributed by atoms with Gasteiger partial charge in [0.2, 0.25) is 5.91 Å². The number of nitrogens with two attached hydrogens (primary N) is 2. The minimum Gasteiger partial charge on any atom is -0.369 e. The number of nitrogens with zero attached hydrogens (tertiary/aromatic N) is 1. The van der Waals surface area contributed by atoms with Crippen LogP contribution in [0.1, 0.15) is 31.4 Å². The van der Waals surface area contributed by atoms with Crippen LogP contribution in [0, 0.1) is 11.7 Å². The van der Waals surface area contributed by atoms with Gasteiger partial charge in [-0.25, -0.2) is 4.39 Å². The quantitative estimate of drug-likeness (QED) is 0.871. The molecule has 0 aliphatic carbocycles. The zero-order chi connectivity index (χ0) is 14.0. The lowest BCUT2D eigenvalue weighted by molar-refractivity contribution is -0.122. The van der Waals surface area contributed by atoms with Crippen LogP contribution in [0.4, 0.5) is 10.1 Å². The van der Waals surface area contributed by atoms with Crippen LogP contribution in [0.3, 0.4) is 0 Å². The van der Waals surface area contributed by atoms with Crippen LogP contribution in [-0.4, -0.2) is 19.0 Å². The molecule has 0 radical (unpaired) electrons. The lowest BCUT2D eigenvalue weighted by Crippen LogP contribution is -2.39. The Kier molecular flexibility index (Phi) is 4.04. The Hall–Kier alpha value is -1.62. The molecule has 0 aromatic heterocycles. The molecule has 1 heterocycles. The molecule has 1 aromatic carbocycles. The SMILES string of the molecule is C[C@H](N)c1cccc(F)c1N1CCC(C(N)=O)CC1. The lowest BCUT2D eigenvalue weighted by atomic mass is 9.94. The van der Waals surface area contributed by atoms with Crippen LogP contribution < -0.4 is 16.4 Å². The van der Waals surface area contributed by atoms with E-state index in [-0.39, 0.29) is 23.7 Å². The lowest BCUT2D eigenvalue weighted by Gasteiger charge is -2.34. The fraction of sp³-hybridized carbons (Fsp3) is 0.500. The highest BCUT2D eigenvalue weighted by atomic mass is 19.1. The van der Waals surface area contributed by atoms with Gasteiger partial charge in [0.25, 0.3) is 0 Å². The molecule has 19 heavy (non-hydrogen) atoms. The van der Waals surface area contributed by atoms with Crippen molar-refractivity contribution in [3.63, 3.8) is 0 Å². The van der Waals surface area contributed by atoms with Crippen molar-refractivity contribution >= 4 is 11.6 Å². The molecule has 5 heteroatoms. The van der Waals surface area contributed by atoms with E-state index in [2.05, 4.69) is 0 Å². The van der Waals surface area contributed by atoms with E-state index in [9.17, 15) is 9.18 Å². The van der Waals surface area contributed by atoms with Gasteiger partial charge in [0.15, 0.2) is 0 Å². The first-order valence-corrected chi connectivity index (χ1v) is 6.59. The van der Waals surface area contributed by atoms with Crippen molar-refractivity contribution in [2.24, 2.45) is 17.4 Å². The predicted octanol–water partition coefficient (Wildman–Crippen LogP) is 1.55. The summed E-state index contributed by atoms with van der Waals surface area (Å²) in [6, 6.07) is 4.75. The number of amides is 1. The third-order valence-corrected chi connectivity index (χ3v) is 3.72. The fourth-order valence-electron chi connectivity index (χ4n) is 2.62. The Balaban J connectivity index is 2.22. The van der Waals surface area contributed by atoms with E-state index in [1.165, 1.54) is 6.07 Å². The highest BCUT2D eigenvalue weighted by Crippen LogP contribution is 2.31. The summed E-state index contributed by atoms with van der Waals surface area (Å²) in [6.07, 6.45) is 1.34. The van der Waals surface area contributed by atoms with Crippen molar-refractivity contribution in [2.45, 2.75) is 25.8 Å². The first-order chi connectivity index (χ1) is 9.00. The molecule has 1 atom stereocenters. The maximum Gasteiger partial charge on any atom is 0.220 e. The predicted molar refractivity (Wildman–Crippen MR) is 73.1 cm³/mol. The summed E-state index contributed by atoms with van der Waals surface area (Å²) in [7, 11) is 0. The maximum absolute atomic E-state index is 14.1. The van der Waals surface area contributed by atoms with Crippen LogP contribution in [0.5, 0.6) is 0 Å². The average molecular weight is 265 g/mol. The van der Waals surface area contributed by atoms with Crippen LogP contribution >= 0.6 is 0 Å². The van der Waals surface area contributed by atoms with Crippen molar-refractivity contribution < 1.29 is 9.18 Å². The first kappa shape index (κ1) is 13.8. The van der Waals surface area contributed by atoms with Gasteiger partial charge in [0.05, 0.1) is 5.69 Å². The van der Waals surface area contributed by atoms with Crippen LogP contribution in [0.2, 0.25) is 0 Å². The van der Waals surface area contributed by atoms with E-state index in [0.29, 0.717) is 31.6 Å². The molecule has 0 bridgehead atoms. The van der Waals surface area contributed by atoms with Gasteiger partial charge in [-0.15, -0.1) is 0 Å². The van der Waals surface area contributed by atoms with E-state index in [1.54, 1.807) is 6.07 Å². The molecule has 1 saturated heterocycles. The van der Waals surface area contributed by atoms with Crippen molar-refractivity contribution in [3.8, 4) is 0 Å². The minimum absolute atomic E-state index is 0.0956. The molecule has 1 aliphatic heterocycles. The molecule has 1 amide bonds. The molecule has 2 rings (SSSR count). The Morgan fingerprint density at radius 1 is 1.42 bits per heavy atom. The zero-order valence-corrected chi connectivity index (χ0v) is 11.1. The van der Waals surface area contributed by atoms with Gasteiger partial charge in [-0.2, -0.15) is 0 Å². The number of carbonyl (C=O) groups is 1. The van der Waals surface area contributed by atoms with Gasteiger partial charge < -0.3 is 16.4 Å². The second-order valence-electron chi connectivity index (χ2n) is 5.13. The molecule has 4 nitrogen and oxygen atoms in total. The smallest absolute Gasteiger partial charge is 0.220 e. The zero-order valence-electron chi connectivity index (χ0n) is 11.1. The normalized spacial score (nSPS) is 18.4. The van der Waals surface area contributed by atoms with E-state index in [0.717, 1.165) is 5.56 Å². The van der Waals surface area contributed by atoms with E-state index >= 15 is 0 Å². The summed E-state index contributed by atoms with van der Waals surface area (Å²) >= 11 is 0. The van der Waals surface area contributed by atoms with Crippen molar-refractivity contribution in [2.75, 3.05) is 18.0 Å². The number of benzene rings is 1. The Bertz CT molecular complexity index is 468. The number of anilines is 1. The van der Waals surface area contributed by atoms with Crippen molar-refractivity contribution in [1.29, 1.82) is 0 Å². The Morgan fingerprint density at radius 3 is 2.58 bits per heavy atom. The standard InChI is InChI=1S/C14H20FN3O/c1-9(16)11-3-2-4-12(15)13(11)18-7-5-10(6-8-18)14(17)19/h2-4,9-10H,5-8,16H2,1H3,(H2,17,19)/t9-/m0/s1. The number of primary amides is 1. The third kappa shape index (κ3) is 2.87. The Labute approximate surface area is 112 Å². The minimum atomic E-state index is -0.263. The number of halogens is 1. The highest BCUT2D eigenvalue weighted by molar-refractivity contribution is 5.77. The number of para-hydroxylation sites is 1. The summed E-state index contributed by atoms with van der Waals surface area (Å²) in [6.45, 7) is 3.11. The average Bonchev–Trinajstić information content (AvgIpc) is 2.38. The second-order valence-corrected chi connectivity index (χ2v) is 5.13. The number of piperidine rings is 1. The second kappa shape index (κ2) is 5.57.